The molecule has 2 aromatic heterocycles. The minimum atomic E-state index is -0.995. The molecule has 170 valence electrons. The van der Waals surface area contributed by atoms with E-state index in [0.29, 0.717) is 16.8 Å². The first kappa shape index (κ1) is 21.5. The maximum absolute atomic E-state index is 13.1. The monoisotopic (exact) mass is 452 g/mol. The zero-order valence-corrected chi connectivity index (χ0v) is 19.1. The summed E-state index contributed by atoms with van der Waals surface area (Å²) in [6, 6.07) is 18.0. The van der Waals surface area contributed by atoms with Crippen molar-refractivity contribution in [2.75, 3.05) is 5.32 Å². The standard InChI is InChI=1S/C27H24N4O3/c1-15-10-20(16(2)28-23-7-5-4-6-19(23)27(33)34)26-21(11-15)25(32)13-24(29-26)17-8-9-22-18(12-17)14-31(3)30-22/h4-14,16,28H,1-3H3,(H,29,32)(H,33,34)/t16-/m1/s1. The first-order valence-corrected chi connectivity index (χ1v) is 11.0. The van der Waals surface area contributed by atoms with Crippen LogP contribution < -0.4 is 10.7 Å². The van der Waals surface area contributed by atoms with Crippen LogP contribution in [0.25, 0.3) is 33.1 Å². The van der Waals surface area contributed by atoms with E-state index >= 15 is 0 Å². The summed E-state index contributed by atoms with van der Waals surface area (Å²) >= 11 is 0. The molecular weight excluding hydrogens is 428 g/mol. The molecule has 5 aromatic rings. The number of fused-ring (bicyclic) bond motifs is 2. The van der Waals surface area contributed by atoms with Crippen molar-refractivity contribution in [1.82, 2.24) is 14.8 Å². The number of aromatic carboxylic acids is 1. The third-order valence-electron chi connectivity index (χ3n) is 6.04. The summed E-state index contributed by atoms with van der Waals surface area (Å²) in [4.78, 5) is 28.3. The number of nitrogens with zero attached hydrogens (tertiary/aromatic N) is 2. The molecule has 0 fully saturated rings. The fourth-order valence-electron chi connectivity index (χ4n) is 4.45. The Labute approximate surface area is 195 Å². The second-order valence-corrected chi connectivity index (χ2v) is 8.62. The number of aromatic nitrogens is 3. The molecule has 0 unspecified atom stereocenters. The lowest BCUT2D eigenvalue weighted by molar-refractivity contribution is 0.0698. The van der Waals surface area contributed by atoms with Crippen molar-refractivity contribution in [1.29, 1.82) is 0 Å². The number of aromatic amines is 1. The van der Waals surface area contributed by atoms with E-state index < -0.39 is 5.97 Å². The molecule has 5 rings (SSSR count). The van der Waals surface area contributed by atoms with Gasteiger partial charge in [0.2, 0.25) is 0 Å². The van der Waals surface area contributed by atoms with Crippen LogP contribution in [0.5, 0.6) is 0 Å². The third-order valence-corrected chi connectivity index (χ3v) is 6.04. The van der Waals surface area contributed by atoms with Crippen LogP contribution in [0, 0.1) is 6.92 Å². The van der Waals surface area contributed by atoms with Crippen molar-refractivity contribution in [3.8, 4) is 11.3 Å². The molecule has 0 aliphatic rings. The number of H-pyrrole nitrogens is 1. The number of rotatable bonds is 5. The van der Waals surface area contributed by atoms with Gasteiger partial charge in [-0.15, -0.1) is 0 Å². The van der Waals surface area contributed by atoms with Crippen LogP contribution in [0.1, 0.15) is 34.5 Å². The topological polar surface area (TPSA) is 100 Å². The number of pyridine rings is 1. The minimum absolute atomic E-state index is 0.0712. The van der Waals surface area contributed by atoms with E-state index in [1.54, 1.807) is 35.0 Å². The van der Waals surface area contributed by atoms with Gasteiger partial charge in [0.1, 0.15) is 0 Å². The van der Waals surface area contributed by atoms with Gasteiger partial charge in [-0.2, -0.15) is 5.10 Å². The van der Waals surface area contributed by atoms with Gasteiger partial charge >= 0.3 is 5.97 Å². The number of benzene rings is 3. The van der Waals surface area contributed by atoms with Crippen molar-refractivity contribution in [3.05, 3.63) is 93.8 Å². The van der Waals surface area contributed by atoms with Gasteiger partial charge in [0.15, 0.2) is 5.43 Å². The van der Waals surface area contributed by atoms with E-state index in [4.69, 9.17) is 0 Å². The number of anilines is 1. The molecule has 0 bridgehead atoms. The van der Waals surface area contributed by atoms with E-state index in [-0.39, 0.29) is 17.0 Å². The van der Waals surface area contributed by atoms with Gasteiger partial charge in [0.05, 0.1) is 22.6 Å². The summed E-state index contributed by atoms with van der Waals surface area (Å²) < 4.78 is 1.76. The quantitative estimate of drug-likeness (QED) is 0.338. The van der Waals surface area contributed by atoms with E-state index in [1.165, 1.54) is 0 Å². The van der Waals surface area contributed by atoms with Crippen molar-refractivity contribution < 1.29 is 9.90 Å². The van der Waals surface area contributed by atoms with Crippen LogP contribution in [0.4, 0.5) is 5.69 Å². The number of nitrogens with one attached hydrogen (secondary N) is 2. The predicted octanol–water partition coefficient (Wildman–Crippen LogP) is 5.26. The average Bonchev–Trinajstić information content (AvgIpc) is 3.18. The largest absolute Gasteiger partial charge is 0.478 e. The molecule has 0 saturated heterocycles. The Kier molecular flexibility index (Phi) is 5.17. The molecule has 3 aromatic carbocycles. The summed E-state index contributed by atoms with van der Waals surface area (Å²) in [6.45, 7) is 3.91. The fourth-order valence-corrected chi connectivity index (χ4v) is 4.45. The maximum atomic E-state index is 13.1. The smallest absolute Gasteiger partial charge is 0.337 e. The molecule has 1 atom stereocenters. The molecular formula is C27H24N4O3. The first-order chi connectivity index (χ1) is 16.3. The van der Waals surface area contributed by atoms with E-state index in [9.17, 15) is 14.7 Å². The summed E-state index contributed by atoms with van der Waals surface area (Å²) in [5.74, 6) is -0.995. The van der Waals surface area contributed by atoms with E-state index in [1.807, 2.05) is 57.4 Å². The summed E-state index contributed by atoms with van der Waals surface area (Å²) in [5.41, 5.74) is 5.72. The highest BCUT2D eigenvalue weighted by Gasteiger charge is 2.17. The van der Waals surface area contributed by atoms with Gasteiger partial charge in [-0.05, 0) is 60.9 Å². The summed E-state index contributed by atoms with van der Waals surface area (Å²) in [7, 11) is 1.88. The normalized spacial score (nSPS) is 12.2. The van der Waals surface area contributed by atoms with E-state index in [0.717, 1.165) is 33.1 Å². The van der Waals surface area contributed by atoms with Crippen LogP contribution in [-0.2, 0) is 7.05 Å². The average molecular weight is 453 g/mol. The predicted molar refractivity (Wildman–Crippen MR) is 134 cm³/mol. The highest BCUT2D eigenvalue weighted by Crippen LogP contribution is 2.30. The lowest BCUT2D eigenvalue weighted by atomic mass is 9.98. The number of para-hydroxylation sites is 1. The lowest BCUT2D eigenvalue weighted by Gasteiger charge is -2.20. The number of carboxylic acids is 1. The van der Waals surface area contributed by atoms with Crippen molar-refractivity contribution in [2.24, 2.45) is 7.05 Å². The zero-order valence-electron chi connectivity index (χ0n) is 19.1. The van der Waals surface area contributed by atoms with Gasteiger partial charge in [0.25, 0.3) is 0 Å². The lowest BCUT2D eigenvalue weighted by Crippen LogP contribution is -2.13. The second-order valence-electron chi connectivity index (χ2n) is 8.62. The van der Waals surface area contributed by atoms with Crippen molar-refractivity contribution in [3.63, 3.8) is 0 Å². The Morgan fingerprint density at radius 1 is 1.12 bits per heavy atom. The number of carboxylic acid groups (broad SMARTS) is 1. The summed E-state index contributed by atoms with van der Waals surface area (Å²) in [5, 5.41) is 18.9. The van der Waals surface area contributed by atoms with Gasteiger partial charge in [0, 0.05) is 41.5 Å². The Morgan fingerprint density at radius 2 is 1.91 bits per heavy atom. The maximum Gasteiger partial charge on any atom is 0.337 e. The highest BCUT2D eigenvalue weighted by molar-refractivity contribution is 5.94. The van der Waals surface area contributed by atoms with Crippen LogP contribution in [-0.4, -0.2) is 25.8 Å². The summed E-state index contributed by atoms with van der Waals surface area (Å²) in [6.07, 6.45) is 1.94. The molecule has 0 amide bonds. The van der Waals surface area contributed by atoms with Crippen LogP contribution >= 0.6 is 0 Å². The molecule has 0 radical (unpaired) electrons. The molecule has 0 aliphatic carbocycles. The Hall–Kier alpha value is -4.39. The number of aryl methyl sites for hydroxylation is 2. The molecule has 0 aliphatic heterocycles. The van der Waals surface area contributed by atoms with Gasteiger partial charge in [-0.3, -0.25) is 9.48 Å². The van der Waals surface area contributed by atoms with Crippen LogP contribution in [0.15, 0.2) is 71.7 Å². The third kappa shape index (κ3) is 3.81. The molecule has 7 heteroatoms. The fraction of sp³-hybridized carbons (Fsp3) is 0.148. The highest BCUT2D eigenvalue weighted by atomic mass is 16.4. The van der Waals surface area contributed by atoms with Gasteiger partial charge in [-0.25, -0.2) is 4.79 Å². The van der Waals surface area contributed by atoms with Gasteiger partial charge < -0.3 is 15.4 Å². The Balaban J connectivity index is 1.64. The molecule has 7 nitrogen and oxygen atoms in total. The van der Waals surface area contributed by atoms with Gasteiger partial charge in [-0.1, -0.05) is 24.3 Å². The first-order valence-electron chi connectivity index (χ1n) is 11.0. The van der Waals surface area contributed by atoms with Crippen LogP contribution in [0.2, 0.25) is 0 Å². The Bertz CT molecular complexity index is 1630. The zero-order chi connectivity index (χ0) is 24.0. The molecule has 0 saturated carbocycles. The van der Waals surface area contributed by atoms with Crippen LogP contribution in [0.3, 0.4) is 0 Å². The van der Waals surface area contributed by atoms with E-state index in [2.05, 4.69) is 15.4 Å². The Morgan fingerprint density at radius 3 is 2.71 bits per heavy atom. The van der Waals surface area contributed by atoms with Crippen molar-refractivity contribution >= 4 is 33.5 Å². The molecule has 0 spiro atoms. The minimum Gasteiger partial charge on any atom is -0.478 e. The molecule has 2 heterocycles. The molecule has 34 heavy (non-hydrogen) atoms. The molecule has 3 N–H and O–H groups in total. The van der Waals surface area contributed by atoms with Crippen molar-refractivity contribution in [2.45, 2.75) is 19.9 Å². The number of carbonyl (C=O) groups is 1. The second kappa shape index (κ2) is 8.19. The SMILES string of the molecule is Cc1cc([C@@H](C)Nc2ccccc2C(=O)O)c2[nH]c(-c3ccc4nn(C)cc4c3)cc(=O)c2c1. The number of hydrogen-bond acceptors (Lipinski definition) is 4. The number of hydrogen-bond donors (Lipinski definition) is 3.